The van der Waals surface area contributed by atoms with Gasteiger partial charge in [-0.3, -0.25) is 9.59 Å². The van der Waals surface area contributed by atoms with E-state index in [1.807, 2.05) is 36.4 Å². The Hall–Kier alpha value is -2.56. The Kier molecular flexibility index (Phi) is 4.19. The zero-order valence-corrected chi connectivity index (χ0v) is 13.3. The number of nitrogens with zero attached hydrogens (tertiary/aromatic N) is 1. The van der Waals surface area contributed by atoms with Crippen molar-refractivity contribution in [3.8, 4) is 5.75 Å². The van der Waals surface area contributed by atoms with Crippen molar-refractivity contribution in [1.29, 1.82) is 0 Å². The van der Waals surface area contributed by atoms with E-state index in [0.717, 1.165) is 23.6 Å². The van der Waals surface area contributed by atoms with E-state index >= 15 is 0 Å². The number of rotatable bonds is 5. The van der Waals surface area contributed by atoms with E-state index < -0.39 is 0 Å². The number of fused-ring (bicyclic) bond motifs is 1. The van der Waals surface area contributed by atoms with Gasteiger partial charge in [0.1, 0.15) is 5.75 Å². The molecule has 2 aromatic carbocycles. The molecule has 0 aromatic heterocycles. The van der Waals surface area contributed by atoms with E-state index in [1.54, 1.807) is 14.1 Å². The molecule has 1 saturated carbocycles. The highest BCUT2D eigenvalue weighted by Gasteiger charge is 2.24. The zero-order chi connectivity index (χ0) is 16.4. The summed E-state index contributed by atoms with van der Waals surface area (Å²) in [4.78, 5) is 25.7. The van der Waals surface area contributed by atoms with Crippen molar-refractivity contribution >= 4 is 22.6 Å². The molecule has 2 amide bonds. The van der Waals surface area contributed by atoms with Crippen LogP contribution < -0.4 is 10.1 Å². The molecule has 0 atom stereocenters. The second-order valence-electron chi connectivity index (χ2n) is 6.03. The van der Waals surface area contributed by atoms with Gasteiger partial charge in [-0.15, -0.1) is 0 Å². The van der Waals surface area contributed by atoms with Crippen LogP contribution >= 0.6 is 0 Å². The van der Waals surface area contributed by atoms with Crippen molar-refractivity contribution in [2.75, 3.05) is 20.7 Å². The highest BCUT2D eigenvalue weighted by Crippen LogP contribution is 2.27. The van der Waals surface area contributed by atoms with Gasteiger partial charge in [0.05, 0.1) is 5.56 Å². The third-order valence-electron chi connectivity index (χ3n) is 3.79. The molecule has 23 heavy (non-hydrogen) atoms. The lowest BCUT2D eigenvalue weighted by Gasteiger charge is -2.16. The SMILES string of the molecule is CN(C)C(=O)c1cc2ccccc2cc1OCC(=O)NC1CC1. The maximum absolute atomic E-state index is 12.4. The first kappa shape index (κ1) is 15.3. The Morgan fingerprint density at radius 3 is 2.43 bits per heavy atom. The highest BCUT2D eigenvalue weighted by molar-refractivity contribution is 6.01. The van der Waals surface area contributed by atoms with Crippen molar-refractivity contribution in [2.24, 2.45) is 0 Å². The third kappa shape index (κ3) is 3.62. The van der Waals surface area contributed by atoms with Crippen molar-refractivity contribution in [3.63, 3.8) is 0 Å². The monoisotopic (exact) mass is 312 g/mol. The van der Waals surface area contributed by atoms with Crippen LogP contribution in [-0.4, -0.2) is 43.5 Å². The number of benzene rings is 2. The van der Waals surface area contributed by atoms with Crippen LogP contribution in [0.15, 0.2) is 36.4 Å². The Balaban J connectivity index is 1.87. The van der Waals surface area contributed by atoms with Gasteiger partial charge in [0.15, 0.2) is 6.61 Å². The molecule has 0 radical (unpaired) electrons. The summed E-state index contributed by atoms with van der Waals surface area (Å²) in [5.41, 5.74) is 0.466. The Bertz CT molecular complexity index is 751. The molecule has 1 N–H and O–H groups in total. The average Bonchev–Trinajstić information content (AvgIpc) is 3.35. The molecule has 5 nitrogen and oxygen atoms in total. The first-order valence-corrected chi connectivity index (χ1v) is 7.71. The fourth-order valence-corrected chi connectivity index (χ4v) is 2.39. The molecule has 0 bridgehead atoms. The second kappa shape index (κ2) is 6.28. The minimum atomic E-state index is -0.149. The number of ether oxygens (including phenoxy) is 1. The number of hydrogen-bond donors (Lipinski definition) is 1. The van der Waals surface area contributed by atoms with Crippen LogP contribution in [0.3, 0.4) is 0 Å². The molecule has 120 valence electrons. The van der Waals surface area contributed by atoms with Gasteiger partial charge < -0.3 is 15.0 Å². The van der Waals surface area contributed by atoms with E-state index in [9.17, 15) is 9.59 Å². The third-order valence-corrected chi connectivity index (χ3v) is 3.79. The molecule has 0 spiro atoms. The molecule has 1 fully saturated rings. The zero-order valence-electron chi connectivity index (χ0n) is 13.3. The summed E-state index contributed by atoms with van der Waals surface area (Å²) >= 11 is 0. The molecule has 1 aliphatic rings. The van der Waals surface area contributed by atoms with Gasteiger partial charge >= 0.3 is 0 Å². The fraction of sp³-hybridized carbons (Fsp3) is 0.333. The summed E-state index contributed by atoms with van der Waals surface area (Å²) in [7, 11) is 3.39. The van der Waals surface area contributed by atoms with E-state index in [1.165, 1.54) is 4.90 Å². The van der Waals surface area contributed by atoms with Crippen LogP contribution in [0.1, 0.15) is 23.2 Å². The van der Waals surface area contributed by atoms with Gasteiger partial charge in [-0.1, -0.05) is 24.3 Å². The maximum atomic E-state index is 12.4. The largest absolute Gasteiger partial charge is 0.483 e. The van der Waals surface area contributed by atoms with Crippen molar-refractivity contribution in [2.45, 2.75) is 18.9 Å². The van der Waals surface area contributed by atoms with Crippen LogP contribution in [0.4, 0.5) is 0 Å². The normalized spacial score (nSPS) is 13.7. The lowest BCUT2D eigenvalue weighted by atomic mass is 10.1. The van der Waals surface area contributed by atoms with Crippen molar-refractivity contribution < 1.29 is 14.3 Å². The summed E-state index contributed by atoms with van der Waals surface area (Å²) < 4.78 is 5.65. The molecule has 1 aliphatic carbocycles. The van der Waals surface area contributed by atoms with Gasteiger partial charge in [-0.25, -0.2) is 0 Å². The molecular weight excluding hydrogens is 292 g/mol. The lowest BCUT2D eigenvalue weighted by molar-refractivity contribution is -0.123. The molecule has 2 aromatic rings. The minimum absolute atomic E-state index is 0.0808. The maximum Gasteiger partial charge on any atom is 0.258 e. The van der Waals surface area contributed by atoms with E-state index in [4.69, 9.17) is 4.74 Å². The van der Waals surface area contributed by atoms with Gasteiger partial charge in [-0.2, -0.15) is 0 Å². The molecular formula is C18H20N2O3. The smallest absolute Gasteiger partial charge is 0.258 e. The quantitative estimate of drug-likeness (QED) is 0.921. The molecule has 3 rings (SSSR count). The van der Waals surface area contributed by atoms with Crippen LogP contribution in [-0.2, 0) is 4.79 Å². The molecule has 0 heterocycles. The highest BCUT2D eigenvalue weighted by atomic mass is 16.5. The molecule has 0 aliphatic heterocycles. The van der Waals surface area contributed by atoms with Gasteiger partial charge in [-0.05, 0) is 35.7 Å². The molecule has 5 heteroatoms. The Labute approximate surface area is 135 Å². The summed E-state index contributed by atoms with van der Waals surface area (Å²) in [6, 6.07) is 11.7. The van der Waals surface area contributed by atoms with E-state index in [-0.39, 0.29) is 18.4 Å². The van der Waals surface area contributed by atoms with Crippen LogP contribution in [0.25, 0.3) is 10.8 Å². The number of amides is 2. The van der Waals surface area contributed by atoms with Crippen molar-refractivity contribution in [1.82, 2.24) is 10.2 Å². The second-order valence-corrected chi connectivity index (χ2v) is 6.03. The summed E-state index contributed by atoms with van der Waals surface area (Å²) in [6.07, 6.45) is 2.07. The summed E-state index contributed by atoms with van der Waals surface area (Å²) in [6.45, 7) is -0.0808. The number of carbonyl (C=O) groups excluding carboxylic acids is 2. The standard InChI is InChI=1S/C18H20N2O3/c1-20(2)18(22)15-9-12-5-3-4-6-13(12)10-16(15)23-11-17(21)19-14-7-8-14/h3-6,9-10,14H,7-8,11H2,1-2H3,(H,19,21). The predicted molar refractivity (Wildman–Crippen MR) is 88.6 cm³/mol. The number of hydrogen-bond acceptors (Lipinski definition) is 3. The lowest BCUT2D eigenvalue weighted by Crippen LogP contribution is -2.31. The van der Waals surface area contributed by atoms with Crippen molar-refractivity contribution in [3.05, 3.63) is 42.0 Å². The topological polar surface area (TPSA) is 58.6 Å². The molecule has 0 saturated heterocycles. The van der Waals surface area contributed by atoms with E-state index in [2.05, 4.69) is 5.32 Å². The summed E-state index contributed by atoms with van der Waals surface area (Å²) in [5.74, 6) is 0.144. The first-order valence-electron chi connectivity index (χ1n) is 7.71. The Morgan fingerprint density at radius 2 is 1.83 bits per heavy atom. The Morgan fingerprint density at radius 1 is 1.17 bits per heavy atom. The van der Waals surface area contributed by atoms with Crippen LogP contribution in [0.2, 0.25) is 0 Å². The fourth-order valence-electron chi connectivity index (χ4n) is 2.39. The summed E-state index contributed by atoms with van der Waals surface area (Å²) in [5, 5.41) is 4.81. The molecule has 0 unspecified atom stereocenters. The average molecular weight is 312 g/mol. The van der Waals surface area contributed by atoms with Crippen LogP contribution in [0, 0.1) is 0 Å². The number of carbonyl (C=O) groups is 2. The van der Waals surface area contributed by atoms with Gasteiger partial charge in [0.2, 0.25) is 0 Å². The van der Waals surface area contributed by atoms with Crippen LogP contribution in [0.5, 0.6) is 5.75 Å². The van der Waals surface area contributed by atoms with Gasteiger partial charge in [0.25, 0.3) is 11.8 Å². The first-order chi connectivity index (χ1) is 11.0. The van der Waals surface area contributed by atoms with E-state index in [0.29, 0.717) is 17.4 Å². The predicted octanol–water partition coefficient (Wildman–Crippen LogP) is 2.20. The number of nitrogens with one attached hydrogen (secondary N) is 1. The van der Waals surface area contributed by atoms with Gasteiger partial charge in [0, 0.05) is 20.1 Å². The minimum Gasteiger partial charge on any atom is -0.483 e.